The highest BCUT2D eigenvalue weighted by atomic mass is 35.5. The molecule has 4 nitrogen and oxygen atoms in total. The summed E-state index contributed by atoms with van der Waals surface area (Å²) < 4.78 is 7.28. The second-order valence-electron chi connectivity index (χ2n) is 4.10. The molecule has 5 heteroatoms. The van der Waals surface area contributed by atoms with Gasteiger partial charge in [0.2, 0.25) is 0 Å². The van der Waals surface area contributed by atoms with E-state index in [1.807, 2.05) is 23.6 Å². The molecule has 0 aliphatic carbocycles. The van der Waals surface area contributed by atoms with Gasteiger partial charge >= 0.3 is 0 Å². The highest BCUT2D eigenvalue weighted by Crippen LogP contribution is 2.21. The lowest BCUT2D eigenvalue weighted by Gasteiger charge is -2.13. The molecular weight excluding hydrogens is 250 g/mol. The fourth-order valence-electron chi connectivity index (χ4n) is 1.92. The number of fused-ring (bicyclic) bond motifs is 1. The van der Waals surface area contributed by atoms with Crippen molar-refractivity contribution >= 4 is 22.6 Å². The molecule has 1 atom stereocenters. The van der Waals surface area contributed by atoms with E-state index in [-0.39, 0.29) is 6.10 Å². The van der Waals surface area contributed by atoms with Crippen molar-refractivity contribution in [2.45, 2.75) is 25.5 Å². The Balaban J connectivity index is 2.60. The molecule has 0 aliphatic rings. The van der Waals surface area contributed by atoms with E-state index in [0.29, 0.717) is 23.5 Å². The molecule has 94 valence electrons. The van der Waals surface area contributed by atoms with Gasteiger partial charge in [-0.15, -0.1) is 11.6 Å². The SMILES string of the molecule is COC(C)Cn1c(CCl)nc2c(C#N)cccc21. The van der Waals surface area contributed by atoms with Gasteiger partial charge in [-0.05, 0) is 19.1 Å². The molecule has 2 aromatic rings. The number of aromatic nitrogens is 2. The Morgan fingerprint density at radius 3 is 2.94 bits per heavy atom. The van der Waals surface area contributed by atoms with E-state index in [2.05, 4.69) is 11.1 Å². The molecule has 0 radical (unpaired) electrons. The number of para-hydroxylation sites is 1. The second kappa shape index (κ2) is 5.38. The number of methoxy groups -OCH3 is 1. The molecule has 2 rings (SSSR count). The molecule has 1 aromatic carbocycles. The topological polar surface area (TPSA) is 50.8 Å². The van der Waals surface area contributed by atoms with Gasteiger partial charge in [-0.25, -0.2) is 4.98 Å². The van der Waals surface area contributed by atoms with E-state index in [9.17, 15) is 0 Å². The summed E-state index contributed by atoms with van der Waals surface area (Å²) in [4.78, 5) is 4.44. The van der Waals surface area contributed by atoms with Crippen LogP contribution in [-0.2, 0) is 17.2 Å². The number of hydrogen-bond acceptors (Lipinski definition) is 3. The Hall–Kier alpha value is -1.57. The van der Waals surface area contributed by atoms with Crippen molar-refractivity contribution in [2.24, 2.45) is 0 Å². The van der Waals surface area contributed by atoms with Crippen LogP contribution >= 0.6 is 11.6 Å². The predicted octanol–water partition coefficient (Wildman–Crippen LogP) is 2.68. The lowest BCUT2D eigenvalue weighted by molar-refractivity contribution is 0.103. The van der Waals surface area contributed by atoms with Crippen LogP contribution in [0.5, 0.6) is 0 Å². The van der Waals surface area contributed by atoms with Gasteiger partial charge in [0.25, 0.3) is 0 Å². The van der Waals surface area contributed by atoms with Crippen molar-refractivity contribution in [3.05, 3.63) is 29.6 Å². The summed E-state index contributed by atoms with van der Waals surface area (Å²) in [7, 11) is 1.67. The molecule has 1 aromatic heterocycles. The summed E-state index contributed by atoms with van der Waals surface area (Å²) in [5, 5.41) is 9.08. The summed E-state index contributed by atoms with van der Waals surface area (Å²) in [6.07, 6.45) is 0.0649. The number of ether oxygens (including phenoxy) is 1. The molecular formula is C13H14ClN3O. The predicted molar refractivity (Wildman–Crippen MR) is 70.5 cm³/mol. The fourth-order valence-corrected chi connectivity index (χ4v) is 2.13. The average Bonchev–Trinajstić information content (AvgIpc) is 2.76. The van der Waals surface area contributed by atoms with E-state index in [4.69, 9.17) is 21.6 Å². The van der Waals surface area contributed by atoms with Gasteiger partial charge in [-0.2, -0.15) is 5.26 Å². The minimum atomic E-state index is 0.0649. The lowest BCUT2D eigenvalue weighted by Crippen LogP contribution is -2.16. The third-order valence-electron chi connectivity index (χ3n) is 2.94. The summed E-state index contributed by atoms with van der Waals surface area (Å²) in [5.74, 6) is 1.08. The van der Waals surface area contributed by atoms with E-state index < -0.39 is 0 Å². The minimum Gasteiger partial charge on any atom is -0.380 e. The molecule has 0 amide bonds. The maximum absolute atomic E-state index is 9.08. The van der Waals surface area contributed by atoms with Crippen LogP contribution in [0.15, 0.2) is 18.2 Å². The lowest BCUT2D eigenvalue weighted by atomic mass is 10.2. The number of halogens is 1. The van der Waals surface area contributed by atoms with Crippen molar-refractivity contribution in [2.75, 3.05) is 7.11 Å². The molecule has 18 heavy (non-hydrogen) atoms. The van der Waals surface area contributed by atoms with Gasteiger partial charge in [0, 0.05) is 7.11 Å². The van der Waals surface area contributed by atoms with Crippen LogP contribution < -0.4 is 0 Å². The molecule has 0 spiro atoms. The minimum absolute atomic E-state index is 0.0649. The molecule has 0 bridgehead atoms. The van der Waals surface area contributed by atoms with Crippen LogP contribution in [0.4, 0.5) is 0 Å². The van der Waals surface area contributed by atoms with Crippen molar-refractivity contribution < 1.29 is 4.74 Å². The van der Waals surface area contributed by atoms with Crippen LogP contribution in [0.25, 0.3) is 11.0 Å². The number of nitriles is 1. The Bertz CT molecular complexity index is 600. The highest BCUT2D eigenvalue weighted by molar-refractivity contribution is 6.16. The summed E-state index contributed by atoms with van der Waals surface area (Å²) in [5.41, 5.74) is 2.20. The van der Waals surface area contributed by atoms with Gasteiger partial charge in [0.05, 0.1) is 29.6 Å². The Morgan fingerprint density at radius 1 is 1.56 bits per heavy atom. The quantitative estimate of drug-likeness (QED) is 0.797. The van der Waals surface area contributed by atoms with Crippen molar-refractivity contribution in [1.29, 1.82) is 5.26 Å². The standard InChI is InChI=1S/C13H14ClN3O/c1-9(18-2)8-17-11-5-3-4-10(7-15)13(11)16-12(17)6-14/h3-5,9H,6,8H2,1-2H3. The summed E-state index contributed by atoms with van der Waals surface area (Å²) in [6, 6.07) is 7.71. The fraction of sp³-hybridized carbons (Fsp3) is 0.385. The van der Waals surface area contributed by atoms with E-state index in [1.54, 1.807) is 13.2 Å². The number of imidazole rings is 1. The van der Waals surface area contributed by atoms with Gasteiger partial charge in [-0.1, -0.05) is 6.07 Å². The zero-order valence-corrected chi connectivity index (χ0v) is 11.1. The van der Waals surface area contributed by atoms with E-state index in [1.165, 1.54) is 0 Å². The molecule has 1 unspecified atom stereocenters. The van der Waals surface area contributed by atoms with Gasteiger partial charge in [0.1, 0.15) is 17.4 Å². The third kappa shape index (κ3) is 2.20. The Morgan fingerprint density at radius 2 is 2.33 bits per heavy atom. The van der Waals surface area contributed by atoms with E-state index in [0.717, 1.165) is 11.3 Å². The molecule has 0 fully saturated rings. The number of rotatable bonds is 4. The average molecular weight is 264 g/mol. The molecule has 1 heterocycles. The smallest absolute Gasteiger partial charge is 0.124 e. The van der Waals surface area contributed by atoms with E-state index >= 15 is 0 Å². The van der Waals surface area contributed by atoms with Crippen LogP contribution in [0.1, 0.15) is 18.3 Å². The normalized spacial score (nSPS) is 12.6. The third-order valence-corrected chi connectivity index (χ3v) is 3.18. The number of nitrogens with zero attached hydrogens (tertiary/aromatic N) is 3. The van der Waals surface area contributed by atoms with Crippen molar-refractivity contribution in [3.63, 3.8) is 0 Å². The molecule has 0 saturated carbocycles. The van der Waals surface area contributed by atoms with Crippen LogP contribution in [-0.4, -0.2) is 22.8 Å². The second-order valence-corrected chi connectivity index (χ2v) is 4.37. The van der Waals surface area contributed by atoms with Crippen molar-refractivity contribution in [3.8, 4) is 6.07 Å². The maximum Gasteiger partial charge on any atom is 0.124 e. The monoisotopic (exact) mass is 263 g/mol. The first-order chi connectivity index (χ1) is 8.71. The van der Waals surface area contributed by atoms with Crippen molar-refractivity contribution in [1.82, 2.24) is 9.55 Å². The largest absolute Gasteiger partial charge is 0.380 e. The Kier molecular flexibility index (Phi) is 3.85. The first-order valence-corrected chi connectivity index (χ1v) is 6.21. The van der Waals surface area contributed by atoms with Crippen LogP contribution in [0, 0.1) is 11.3 Å². The van der Waals surface area contributed by atoms with Crippen LogP contribution in [0.2, 0.25) is 0 Å². The zero-order chi connectivity index (χ0) is 13.1. The molecule has 0 aliphatic heterocycles. The van der Waals surface area contributed by atoms with Gasteiger partial charge < -0.3 is 9.30 Å². The van der Waals surface area contributed by atoms with Crippen LogP contribution in [0.3, 0.4) is 0 Å². The first-order valence-electron chi connectivity index (χ1n) is 5.68. The van der Waals surface area contributed by atoms with Gasteiger partial charge in [-0.3, -0.25) is 0 Å². The summed E-state index contributed by atoms with van der Waals surface area (Å²) in [6.45, 7) is 2.65. The van der Waals surface area contributed by atoms with Gasteiger partial charge in [0.15, 0.2) is 0 Å². The highest BCUT2D eigenvalue weighted by Gasteiger charge is 2.14. The molecule has 0 saturated heterocycles. The Labute approximate surface area is 111 Å². The number of hydrogen-bond donors (Lipinski definition) is 0. The summed E-state index contributed by atoms with van der Waals surface area (Å²) >= 11 is 5.92. The number of alkyl halides is 1. The zero-order valence-electron chi connectivity index (χ0n) is 10.4. The molecule has 0 N–H and O–H groups in total. The first kappa shape index (κ1) is 12.9. The maximum atomic E-state index is 9.08. The number of benzene rings is 1.